The molecule has 1 aromatic rings. The second-order valence-electron chi connectivity index (χ2n) is 7.80. The molecule has 1 rings (SSSR count). The van der Waals surface area contributed by atoms with Crippen molar-refractivity contribution in [2.45, 2.75) is 46.3 Å². The second kappa shape index (κ2) is 11.9. The lowest BCUT2D eigenvalue weighted by Crippen LogP contribution is -2.37. The molecular weight excluding hydrogens is 426 g/mol. The molecule has 11 nitrogen and oxygen atoms in total. The summed E-state index contributed by atoms with van der Waals surface area (Å²) in [6, 6.07) is 3.16. The zero-order valence-corrected chi connectivity index (χ0v) is 19.0. The van der Waals surface area contributed by atoms with Crippen LogP contribution in [-0.2, 0) is 35.0 Å². The van der Waals surface area contributed by atoms with Crippen molar-refractivity contribution >= 4 is 24.2 Å². The smallest absolute Gasteiger partial charge is 0.461 e. The van der Waals surface area contributed by atoms with Crippen molar-refractivity contribution < 1.29 is 47.6 Å². The maximum atomic E-state index is 12.3. The summed E-state index contributed by atoms with van der Waals surface area (Å²) < 4.78 is 29.1. The molecule has 0 aliphatic rings. The van der Waals surface area contributed by atoms with Crippen molar-refractivity contribution in [1.82, 2.24) is 0 Å². The van der Waals surface area contributed by atoms with E-state index in [1.54, 1.807) is 27.7 Å². The molecule has 0 aliphatic carbocycles. The van der Waals surface area contributed by atoms with Gasteiger partial charge in [0.2, 0.25) is 0 Å². The van der Waals surface area contributed by atoms with Crippen LogP contribution in [0.4, 0.5) is 9.59 Å². The maximum Gasteiger partial charge on any atom is 0.513 e. The summed E-state index contributed by atoms with van der Waals surface area (Å²) >= 11 is 0. The summed E-state index contributed by atoms with van der Waals surface area (Å²) in [6.45, 7) is 6.60. The van der Waals surface area contributed by atoms with Crippen molar-refractivity contribution in [3.63, 3.8) is 0 Å². The van der Waals surface area contributed by atoms with Crippen molar-refractivity contribution in [2.24, 2.45) is 11.1 Å². The second-order valence-corrected chi connectivity index (χ2v) is 7.80. The molecule has 2 N–H and O–H groups in total. The largest absolute Gasteiger partial charge is 0.513 e. The van der Waals surface area contributed by atoms with Gasteiger partial charge in [0, 0.05) is 0 Å². The number of hydrogen-bond acceptors (Lipinski definition) is 11. The zero-order valence-electron chi connectivity index (χ0n) is 19.0. The molecule has 0 fully saturated rings. The molecule has 11 heteroatoms. The fourth-order valence-electron chi connectivity index (χ4n) is 2.17. The van der Waals surface area contributed by atoms with Gasteiger partial charge < -0.3 is 34.2 Å². The van der Waals surface area contributed by atoms with Gasteiger partial charge in [-0.3, -0.25) is 9.59 Å². The number of esters is 2. The van der Waals surface area contributed by atoms with Gasteiger partial charge in [0.1, 0.15) is 18.8 Å². The summed E-state index contributed by atoms with van der Waals surface area (Å²) in [6.07, 6.45) is -2.74. The van der Waals surface area contributed by atoms with Gasteiger partial charge in [-0.05, 0) is 51.8 Å². The molecule has 0 radical (unpaired) electrons. The summed E-state index contributed by atoms with van der Waals surface area (Å²) in [4.78, 5) is 46.9. The minimum atomic E-state index is -1.06. The standard InChI is InChI=1S/C21H29NO10/c1-12(11-29-18(24)21(2,3)4)30-17(23)14(22)9-13-7-8-15(31-19(25)27-5)16(10-13)32-20(26)28-6/h7-8,10,12,14H,9,11,22H2,1-6H3/t12-,14-/m0/s1. The average molecular weight is 455 g/mol. The minimum Gasteiger partial charge on any atom is -0.461 e. The van der Waals surface area contributed by atoms with Crippen LogP contribution in [-0.4, -0.2) is 57.2 Å². The monoisotopic (exact) mass is 455 g/mol. The number of nitrogens with two attached hydrogens (primary N) is 1. The average Bonchev–Trinajstić information content (AvgIpc) is 2.72. The van der Waals surface area contributed by atoms with E-state index in [1.807, 2.05) is 0 Å². The predicted octanol–water partition coefficient (Wildman–Crippen LogP) is 2.37. The number of benzene rings is 1. The zero-order chi connectivity index (χ0) is 24.5. The fraction of sp³-hybridized carbons (Fsp3) is 0.524. The molecule has 0 saturated carbocycles. The van der Waals surface area contributed by atoms with Gasteiger partial charge in [-0.2, -0.15) is 0 Å². The normalized spacial score (nSPS) is 12.7. The molecule has 0 spiro atoms. The van der Waals surface area contributed by atoms with Crippen LogP contribution in [0.25, 0.3) is 0 Å². The van der Waals surface area contributed by atoms with Gasteiger partial charge in [-0.25, -0.2) is 9.59 Å². The first-order chi connectivity index (χ1) is 14.9. The fourth-order valence-corrected chi connectivity index (χ4v) is 2.17. The third kappa shape index (κ3) is 8.80. The number of carbonyl (C=O) groups excluding carboxylic acids is 4. The number of carbonyl (C=O) groups is 4. The highest BCUT2D eigenvalue weighted by Crippen LogP contribution is 2.30. The SMILES string of the molecule is COC(=O)Oc1ccc(C[C@H](N)C(=O)O[C@@H](C)COC(=O)C(C)(C)C)cc1OC(=O)OC. The van der Waals surface area contributed by atoms with E-state index >= 15 is 0 Å². The first-order valence-electron chi connectivity index (χ1n) is 9.65. The third-order valence-electron chi connectivity index (χ3n) is 3.87. The summed E-state index contributed by atoms with van der Waals surface area (Å²) in [5, 5.41) is 0. The van der Waals surface area contributed by atoms with Crippen LogP contribution < -0.4 is 15.2 Å². The van der Waals surface area contributed by atoms with Gasteiger partial charge in [0.25, 0.3) is 0 Å². The van der Waals surface area contributed by atoms with E-state index in [0.717, 1.165) is 14.2 Å². The van der Waals surface area contributed by atoms with Crippen molar-refractivity contribution in [3.8, 4) is 11.5 Å². The van der Waals surface area contributed by atoms with E-state index in [9.17, 15) is 19.2 Å². The Hall–Kier alpha value is -3.34. The number of rotatable bonds is 8. The van der Waals surface area contributed by atoms with Crippen molar-refractivity contribution in [3.05, 3.63) is 23.8 Å². The Morgan fingerprint density at radius 3 is 2.06 bits per heavy atom. The molecule has 2 atom stereocenters. The van der Waals surface area contributed by atoms with E-state index in [-0.39, 0.29) is 24.5 Å². The van der Waals surface area contributed by atoms with Gasteiger partial charge in [0.05, 0.1) is 19.6 Å². The van der Waals surface area contributed by atoms with Crippen LogP contribution >= 0.6 is 0 Å². The lowest BCUT2D eigenvalue weighted by atomic mass is 9.97. The van der Waals surface area contributed by atoms with Crippen LogP contribution in [0.5, 0.6) is 11.5 Å². The summed E-state index contributed by atoms with van der Waals surface area (Å²) in [5.41, 5.74) is 5.73. The molecule has 0 unspecified atom stereocenters. The Bertz CT molecular complexity index is 830. The van der Waals surface area contributed by atoms with E-state index < -0.39 is 41.8 Å². The van der Waals surface area contributed by atoms with Gasteiger partial charge in [-0.1, -0.05) is 6.07 Å². The highest BCUT2D eigenvalue weighted by Gasteiger charge is 2.25. The molecule has 1 aromatic carbocycles. The third-order valence-corrected chi connectivity index (χ3v) is 3.87. The van der Waals surface area contributed by atoms with Crippen molar-refractivity contribution in [1.29, 1.82) is 0 Å². The Balaban J connectivity index is 2.79. The topological polar surface area (TPSA) is 150 Å². The summed E-state index contributed by atoms with van der Waals surface area (Å²) in [5.74, 6) is -1.37. The molecule has 0 amide bonds. The van der Waals surface area contributed by atoms with Crippen LogP contribution in [0.2, 0.25) is 0 Å². The Labute approximate surface area is 186 Å². The number of methoxy groups -OCH3 is 2. The molecule has 0 heterocycles. The highest BCUT2D eigenvalue weighted by atomic mass is 16.7. The van der Waals surface area contributed by atoms with Gasteiger partial charge in [0.15, 0.2) is 11.5 Å². The van der Waals surface area contributed by atoms with Crippen molar-refractivity contribution in [2.75, 3.05) is 20.8 Å². The lowest BCUT2D eigenvalue weighted by molar-refractivity contribution is -0.163. The first kappa shape index (κ1) is 26.7. The Morgan fingerprint density at radius 1 is 0.969 bits per heavy atom. The minimum absolute atomic E-state index is 0.0172. The summed E-state index contributed by atoms with van der Waals surface area (Å²) in [7, 11) is 2.23. The lowest BCUT2D eigenvalue weighted by Gasteiger charge is -2.20. The highest BCUT2D eigenvalue weighted by molar-refractivity contribution is 5.77. The van der Waals surface area contributed by atoms with Crippen LogP contribution in [0.15, 0.2) is 18.2 Å². The van der Waals surface area contributed by atoms with E-state index in [2.05, 4.69) is 9.47 Å². The number of hydrogen-bond donors (Lipinski definition) is 1. The Morgan fingerprint density at radius 2 is 1.53 bits per heavy atom. The molecular formula is C21H29NO10. The van der Waals surface area contributed by atoms with Crippen LogP contribution in [0.3, 0.4) is 0 Å². The quantitative estimate of drug-likeness (QED) is 0.349. The van der Waals surface area contributed by atoms with Crippen LogP contribution in [0, 0.1) is 5.41 Å². The van der Waals surface area contributed by atoms with E-state index in [0.29, 0.717) is 5.56 Å². The molecule has 0 aromatic heterocycles. The molecule has 0 saturated heterocycles. The van der Waals surface area contributed by atoms with E-state index in [1.165, 1.54) is 18.2 Å². The van der Waals surface area contributed by atoms with Gasteiger partial charge in [-0.15, -0.1) is 0 Å². The molecule has 0 aliphatic heterocycles. The Kier molecular flexibility index (Phi) is 9.92. The predicted molar refractivity (Wildman–Crippen MR) is 110 cm³/mol. The molecule has 0 bridgehead atoms. The maximum absolute atomic E-state index is 12.3. The first-order valence-corrected chi connectivity index (χ1v) is 9.65. The molecule has 32 heavy (non-hydrogen) atoms. The molecule has 178 valence electrons. The van der Waals surface area contributed by atoms with E-state index in [4.69, 9.17) is 24.7 Å². The number of ether oxygens (including phenoxy) is 6. The van der Waals surface area contributed by atoms with Gasteiger partial charge >= 0.3 is 24.2 Å². The van der Waals surface area contributed by atoms with Crippen LogP contribution in [0.1, 0.15) is 33.3 Å².